The lowest BCUT2D eigenvalue weighted by Crippen LogP contribution is -2.47. The van der Waals surface area contributed by atoms with Gasteiger partial charge in [0.2, 0.25) is 0 Å². The van der Waals surface area contributed by atoms with Crippen molar-refractivity contribution in [1.29, 1.82) is 0 Å². The number of rotatable bonds is 3. The molecule has 0 aromatic heterocycles. The molecule has 0 fully saturated rings. The molecule has 2 aromatic rings. The van der Waals surface area contributed by atoms with Crippen LogP contribution in [-0.4, -0.2) is 23.1 Å². The predicted octanol–water partition coefficient (Wildman–Crippen LogP) is 3.36. The molecule has 0 saturated carbocycles. The molecule has 0 aliphatic heterocycles. The van der Waals surface area contributed by atoms with Crippen LogP contribution in [0, 0.1) is 0 Å². The Morgan fingerprint density at radius 2 is 1.80 bits per heavy atom. The van der Waals surface area contributed by atoms with Gasteiger partial charge in [-0.1, -0.05) is 36.4 Å². The molecular formula is C17H16F3N3OS. The normalized spacial score (nSPS) is 10.9. The van der Waals surface area contributed by atoms with Gasteiger partial charge < -0.3 is 5.32 Å². The lowest BCUT2D eigenvalue weighted by atomic mass is 10.1. The zero-order valence-electron chi connectivity index (χ0n) is 13.3. The summed E-state index contributed by atoms with van der Waals surface area (Å²) in [4.78, 5) is 12.1. The highest BCUT2D eigenvalue weighted by Gasteiger charge is 2.31. The Labute approximate surface area is 148 Å². The third kappa shape index (κ3) is 5.46. The van der Waals surface area contributed by atoms with Crippen molar-refractivity contribution in [2.24, 2.45) is 0 Å². The molecule has 4 nitrogen and oxygen atoms in total. The second kappa shape index (κ2) is 7.98. The van der Waals surface area contributed by atoms with Crippen molar-refractivity contribution in [1.82, 2.24) is 15.8 Å². The van der Waals surface area contributed by atoms with Gasteiger partial charge in [-0.25, -0.2) is 0 Å². The number of hydrogen-bond donors (Lipinski definition) is 2. The van der Waals surface area contributed by atoms with Crippen molar-refractivity contribution in [3.8, 4) is 0 Å². The Kier molecular flexibility index (Phi) is 5.97. The first kappa shape index (κ1) is 18.7. The zero-order chi connectivity index (χ0) is 18.4. The Morgan fingerprint density at radius 3 is 2.44 bits per heavy atom. The van der Waals surface area contributed by atoms with Crippen molar-refractivity contribution in [3.63, 3.8) is 0 Å². The standard InChI is InChI=1S/C17H16F3N3OS/c1-23(16(25)21-11-12-6-3-2-4-7-12)22-15(24)13-8-5-9-14(10-13)17(18,19)20/h2-10H,11H2,1H3,(H,21,25)(H,22,24). The summed E-state index contributed by atoms with van der Waals surface area (Å²) in [6.07, 6.45) is -4.51. The summed E-state index contributed by atoms with van der Waals surface area (Å²) in [6.45, 7) is 0.462. The SMILES string of the molecule is CN(NC(=O)c1cccc(C(F)(F)F)c1)C(=S)NCc1ccccc1. The van der Waals surface area contributed by atoms with Crippen LogP contribution in [-0.2, 0) is 12.7 Å². The number of halogens is 3. The van der Waals surface area contributed by atoms with Crippen molar-refractivity contribution in [3.05, 3.63) is 71.3 Å². The fraction of sp³-hybridized carbons (Fsp3) is 0.176. The second-order valence-electron chi connectivity index (χ2n) is 5.22. The first-order valence-electron chi connectivity index (χ1n) is 7.31. The van der Waals surface area contributed by atoms with E-state index in [0.717, 1.165) is 17.7 Å². The number of benzene rings is 2. The topological polar surface area (TPSA) is 44.4 Å². The maximum Gasteiger partial charge on any atom is 0.416 e. The van der Waals surface area contributed by atoms with Crippen molar-refractivity contribution >= 4 is 23.2 Å². The number of thiocarbonyl (C=S) groups is 1. The van der Waals surface area contributed by atoms with Crippen LogP contribution < -0.4 is 10.7 Å². The number of hydrazine groups is 1. The van der Waals surface area contributed by atoms with E-state index in [1.54, 1.807) is 0 Å². The Bertz CT molecular complexity index is 750. The van der Waals surface area contributed by atoms with Crippen LogP contribution in [0.2, 0.25) is 0 Å². The largest absolute Gasteiger partial charge is 0.416 e. The molecule has 132 valence electrons. The van der Waals surface area contributed by atoms with E-state index < -0.39 is 17.6 Å². The van der Waals surface area contributed by atoms with Gasteiger partial charge in [0.25, 0.3) is 5.91 Å². The van der Waals surface area contributed by atoms with E-state index in [4.69, 9.17) is 12.2 Å². The third-order valence-corrected chi connectivity index (χ3v) is 3.73. The van der Waals surface area contributed by atoms with Crippen molar-refractivity contribution < 1.29 is 18.0 Å². The number of nitrogens with zero attached hydrogens (tertiary/aromatic N) is 1. The van der Waals surface area contributed by atoms with Crippen LogP contribution in [0.5, 0.6) is 0 Å². The van der Waals surface area contributed by atoms with E-state index in [0.29, 0.717) is 6.54 Å². The third-order valence-electron chi connectivity index (χ3n) is 3.31. The first-order chi connectivity index (χ1) is 11.8. The van der Waals surface area contributed by atoms with Gasteiger partial charge in [0.05, 0.1) is 5.56 Å². The molecule has 0 spiro atoms. The summed E-state index contributed by atoms with van der Waals surface area (Å²) in [5, 5.41) is 4.44. The van der Waals surface area contributed by atoms with Gasteiger partial charge in [-0.05, 0) is 36.0 Å². The van der Waals surface area contributed by atoms with Gasteiger partial charge in [-0.2, -0.15) is 13.2 Å². The van der Waals surface area contributed by atoms with Crippen LogP contribution in [0.15, 0.2) is 54.6 Å². The average molecular weight is 367 g/mol. The molecule has 0 aliphatic rings. The Morgan fingerprint density at radius 1 is 1.12 bits per heavy atom. The average Bonchev–Trinajstić information content (AvgIpc) is 2.59. The molecule has 0 atom stereocenters. The van der Waals surface area contributed by atoms with E-state index in [-0.39, 0.29) is 10.7 Å². The molecule has 0 saturated heterocycles. The second-order valence-corrected chi connectivity index (χ2v) is 5.61. The Balaban J connectivity index is 1.94. The fourth-order valence-corrected chi connectivity index (χ4v) is 2.11. The number of hydrogen-bond acceptors (Lipinski definition) is 2. The van der Waals surface area contributed by atoms with Crippen LogP contribution in [0.3, 0.4) is 0 Å². The molecule has 0 unspecified atom stereocenters. The predicted molar refractivity (Wildman–Crippen MR) is 92.6 cm³/mol. The molecule has 0 radical (unpaired) electrons. The van der Waals surface area contributed by atoms with Crippen LogP contribution in [0.4, 0.5) is 13.2 Å². The van der Waals surface area contributed by atoms with Crippen LogP contribution >= 0.6 is 12.2 Å². The summed E-state index contributed by atoms with van der Waals surface area (Å²) in [6, 6.07) is 13.7. The summed E-state index contributed by atoms with van der Waals surface area (Å²) in [7, 11) is 1.51. The molecule has 2 aromatic carbocycles. The van der Waals surface area contributed by atoms with Crippen LogP contribution in [0.25, 0.3) is 0 Å². The van der Waals surface area contributed by atoms with Crippen LogP contribution in [0.1, 0.15) is 21.5 Å². The first-order valence-corrected chi connectivity index (χ1v) is 7.72. The van der Waals surface area contributed by atoms with Gasteiger partial charge in [0, 0.05) is 19.2 Å². The zero-order valence-corrected chi connectivity index (χ0v) is 14.1. The monoisotopic (exact) mass is 367 g/mol. The van der Waals surface area contributed by atoms with Crippen molar-refractivity contribution in [2.45, 2.75) is 12.7 Å². The highest BCUT2D eigenvalue weighted by atomic mass is 32.1. The van der Waals surface area contributed by atoms with E-state index in [9.17, 15) is 18.0 Å². The number of amides is 1. The molecule has 0 bridgehead atoms. The van der Waals surface area contributed by atoms with Gasteiger partial charge in [-0.15, -0.1) is 0 Å². The fourth-order valence-electron chi connectivity index (χ4n) is 2.00. The summed E-state index contributed by atoms with van der Waals surface area (Å²) in [5.41, 5.74) is 2.45. The maximum absolute atomic E-state index is 12.7. The molecule has 8 heteroatoms. The highest BCUT2D eigenvalue weighted by molar-refractivity contribution is 7.80. The molecule has 0 heterocycles. The van der Waals surface area contributed by atoms with E-state index in [2.05, 4.69) is 10.7 Å². The molecule has 25 heavy (non-hydrogen) atoms. The van der Waals surface area contributed by atoms with E-state index in [1.165, 1.54) is 24.2 Å². The highest BCUT2D eigenvalue weighted by Crippen LogP contribution is 2.29. The Hall–Kier alpha value is -2.61. The molecule has 2 N–H and O–H groups in total. The molecule has 2 rings (SSSR count). The number of nitrogens with one attached hydrogen (secondary N) is 2. The smallest absolute Gasteiger partial charge is 0.357 e. The van der Waals surface area contributed by atoms with Gasteiger partial charge in [0.1, 0.15) is 0 Å². The van der Waals surface area contributed by atoms with E-state index in [1.807, 2.05) is 30.3 Å². The quantitative estimate of drug-likeness (QED) is 0.645. The van der Waals surface area contributed by atoms with Crippen molar-refractivity contribution in [2.75, 3.05) is 7.05 Å². The number of carbonyl (C=O) groups excluding carboxylic acids is 1. The minimum atomic E-state index is -4.51. The molecular weight excluding hydrogens is 351 g/mol. The summed E-state index contributed by atoms with van der Waals surface area (Å²) in [5.74, 6) is -0.683. The lowest BCUT2D eigenvalue weighted by Gasteiger charge is -2.22. The maximum atomic E-state index is 12.7. The van der Waals surface area contributed by atoms with Gasteiger partial charge in [-0.3, -0.25) is 15.2 Å². The lowest BCUT2D eigenvalue weighted by molar-refractivity contribution is -0.137. The minimum absolute atomic E-state index is 0.104. The summed E-state index contributed by atoms with van der Waals surface area (Å²) < 4.78 is 38.1. The molecule has 1 amide bonds. The van der Waals surface area contributed by atoms with Gasteiger partial charge in [0.15, 0.2) is 5.11 Å². The van der Waals surface area contributed by atoms with Gasteiger partial charge >= 0.3 is 6.18 Å². The number of alkyl halides is 3. The number of carbonyl (C=O) groups is 1. The minimum Gasteiger partial charge on any atom is -0.357 e. The van der Waals surface area contributed by atoms with E-state index >= 15 is 0 Å². The molecule has 0 aliphatic carbocycles. The summed E-state index contributed by atoms with van der Waals surface area (Å²) >= 11 is 5.15.